The van der Waals surface area contributed by atoms with Gasteiger partial charge in [0, 0.05) is 29.4 Å². The molecule has 4 N–H and O–H groups in total. The number of benzene rings is 2. The number of nitrogen functional groups attached to an aromatic ring is 1. The van der Waals surface area contributed by atoms with Gasteiger partial charge >= 0.3 is 6.03 Å². The Hall–Kier alpha value is -4.33. The van der Waals surface area contributed by atoms with E-state index in [1.54, 1.807) is 47.3 Å². The number of rotatable bonds is 5. The number of carbonyl (C=O) groups is 1. The third-order valence-electron chi connectivity index (χ3n) is 5.10. The first-order valence-electron chi connectivity index (χ1n) is 10.9. The van der Waals surface area contributed by atoms with Gasteiger partial charge in [-0.2, -0.15) is 5.10 Å². The van der Waals surface area contributed by atoms with E-state index in [1.165, 1.54) is 0 Å². The van der Waals surface area contributed by atoms with Gasteiger partial charge in [-0.25, -0.2) is 14.5 Å². The first-order valence-corrected chi connectivity index (χ1v) is 10.9. The molecule has 0 aliphatic heterocycles. The lowest BCUT2D eigenvalue weighted by atomic mass is 9.92. The van der Waals surface area contributed by atoms with Gasteiger partial charge in [0.1, 0.15) is 23.1 Å². The van der Waals surface area contributed by atoms with Crippen molar-refractivity contribution in [2.45, 2.75) is 33.1 Å². The molecule has 0 radical (unpaired) electrons. The number of hydrogen-bond donors (Lipinski definition) is 3. The molecule has 2 aromatic carbocycles. The number of nitrogens with two attached hydrogens (primary N) is 1. The number of nitrogens with one attached hydrogen (secondary N) is 2. The second kappa shape index (κ2) is 9.27. The van der Waals surface area contributed by atoms with Crippen LogP contribution in [0.15, 0.2) is 72.9 Å². The Labute approximate surface area is 198 Å². The number of aromatic nitrogens is 3. The summed E-state index contributed by atoms with van der Waals surface area (Å²) < 4.78 is 7.51. The molecule has 2 aromatic heterocycles. The molecule has 8 heteroatoms. The summed E-state index contributed by atoms with van der Waals surface area (Å²) in [6, 6.07) is 19.9. The van der Waals surface area contributed by atoms with Crippen LogP contribution in [0.3, 0.4) is 0 Å². The van der Waals surface area contributed by atoms with E-state index in [0.29, 0.717) is 28.8 Å². The standard InChI is InChI=1S/C26H28N6O2/c1-17-5-9-19(10-6-17)32-24(16-22(31-32)26(2,3)4)30-25(33)29-18-7-11-20(12-8-18)34-21-13-14-28-23(27)15-21/h5-16H,1-4H3,(H2,27,28)(H2,29,30,33). The van der Waals surface area contributed by atoms with E-state index in [2.05, 4.69) is 36.4 Å². The summed E-state index contributed by atoms with van der Waals surface area (Å²) in [4.78, 5) is 16.7. The topological polar surface area (TPSA) is 107 Å². The van der Waals surface area contributed by atoms with Crippen LogP contribution in [0, 0.1) is 6.92 Å². The van der Waals surface area contributed by atoms with Gasteiger partial charge in [0.15, 0.2) is 0 Å². The van der Waals surface area contributed by atoms with Gasteiger partial charge < -0.3 is 15.8 Å². The summed E-state index contributed by atoms with van der Waals surface area (Å²) >= 11 is 0. The van der Waals surface area contributed by atoms with E-state index in [0.717, 1.165) is 16.9 Å². The van der Waals surface area contributed by atoms with Crippen molar-refractivity contribution in [2.75, 3.05) is 16.4 Å². The predicted octanol–water partition coefficient (Wildman–Crippen LogP) is 5.89. The van der Waals surface area contributed by atoms with Crippen LogP contribution in [0.4, 0.5) is 22.1 Å². The average molecular weight is 457 g/mol. The minimum Gasteiger partial charge on any atom is -0.457 e. The zero-order valence-corrected chi connectivity index (χ0v) is 19.7. The number of ether oxygens (including phenoxy) is 1. The summed E-state index contributed by atoms with van der Waals surface area (Å²) in [5, 5.41) is 10.5. The largest absolute Gasteiger partial charge is 0.457 e. The normalized spacial score (nSPS) is 11.2. The van der Waals surface area contributed by atoms with Crippen molar-refractivity contribution in [3.05, 3.63) is 84.2 Å². The Morgan fingerprint density at radius 1 is 0.941 bits per heavy atom. The van der Waals surface area contributed by atoms with Gasteiger partial charge in [-0.3, -0.25) is 5.32 Å². The quantitative estimate of drug-likeness (QED) is 0.347. The Kier molecular flexibility index (Phi) is 6.23. The Morgan fingerprint density at radius 3 is 2.29 bits per heavy atom. The van der Waals surface area contributed by atoms with E-state index in [1.807, 2.05) is 37.3 Å². The molecule has 0 saturated carbocycles. The predicted molar refractivity (Wildman–Crippen MR) is 135 cm³/mol. The minimum absolute atomic E-state index is 0.168. The van der Waals surface area contributed by atoms with E-state index < -0.39 is 0 Å². The summed E-state index contributed by atoms with van der Waals surface area (Å²) in [6.45, 7) is 8.29. The molecule has 0 atom stereocenters. The number of hydrogen-bond acceptors (Lipinski definition) is 5. The molecule has 0 aliphatic carbocycles. The molecule has 0 fully saturated rings. The van der Waals surface area contributed by atoms with Crippen molar-refractivity contribution in [3.63, 3.8) is 0 Å². The maximum atomic E-state index is 12.8. The van der Waals surface area contributed by atoms with Crippen molar-refractivity contribution in [2.24, 2.45) is 0 Å². The molecule has 4 rings (SSSR count). The number of aryl methyl sites for hydroxylation is 1. The fourth-order valence-electron chi connectivity index (χ4n) is 3.23. The number of nitrogens with zero attached hydrogens (tertiary/aromatic N) is 3. The van der Waals surface area contributed by atoms with Crippen LogP contribution in [0.2, 0.25) is 0 Å². The Balaban J connectivity index is 1.48. The number of urea groups is 1. The SMILES string of the molecule is Cc1ccc(-n2nc(C(C)(C)C)cc2NC(=O)Nc2ccc(Oc3ccnc(N)c3)cc2)cc1. The lowest BCUT2D eigenvalue weighted by molar-refractivity contribution is 0.262. The number of amides is 2. The molecular formula is C26H28N6O2. The highest BCUT2D eigenvalue weighted by molar-refractivity contribution is 5.99. The fraction of sp³-hybridized carbons (Fsp3) is 0.192. The monoisotopic (exact) mass is 456 g/mol. The molecule has 174 valence electrons. The van der Waals surface area contributed by atoms with Crippen molar-refractivity contribution in [3.8, 4) is 17.2 Å². The van der Waals surface area contributed by atoms with E-state index >= 15 is 0 Å². The maximum Gasteiger partial charge on any atom is 0.324 e. The van der Waals surface area contributed by atoms with Crippen molar-refractivity contribution in [1.82, 2.24) is 14.8 Å². The Bertz CT molecular complexity index is 1290. The third-order valence-corrected chi connectivity index (χ3v) is 5.10. The smallest absolute Gasteiger partial charge is 0.324 e. The van der Waals surface area contributed by atoms with Crippen molar-refractivity contribution < 1.29 is 9.53 Å². The molecule has 0 saturated heterocycles. The van der Waals surface area contributed by atoms with E-state index in [9.17, 15) is 4.79 Å². The average Bonchev–Trinajstić information content (AvgIpc) is 3.20. The lowest BCUT2D eigenvalue weighted by Gasteiger charge is -2.14. The Morgan fingerprint density at radius 2 is 1.65 bits per heavy atom. The van der Waals surface area contributed by atoms with E-state index in [-0.39, 0.29) is 11.4 Å². The lowest BCUT2D eigenvalue weighted by Crippen LogP contribution is -2.21. The van der Waals surface area contributed by atoms with Gasteiger partial charge in [-0.05, 0) is 49.4 Å². The van der Waals surface area contributed by atoms with E-state index in [4.69, 9.17) is 15.6 Å². The number of pyridine rings is 1. The number of anilines is 3. The van der Waals surface area contributed by atoms with Crippen LogP contribution >= 0.6 is 0 Å². The molecule has 8 nitrogen and oxygen atoms in total. The highest BCUT2D eigenvalue weighted by atomic mass is 16.5. The van der Waals surface area contributed by atoms with Crippen molar-refractivity contribution >= 4 is 23.4 Å². The molecule has 2 heterocycles. The maximum absolute atomic E-state index is 12.8. The molecule has 0 aliphatic rings. The summed E-state index contributed by atoms with van der Waals surface area (Å²) in [5.41, 5.74) is 9.03. The van der Waals surface area contributed by atoms with Crippen LogP contribution in [-0.2, 0) is 5.41 Å². The molecule has 0 unspecified atom stereocenters. The van der Waals surface area contributed by atoms with Crippen LogP contribution in [-0.4, -0.2) is 20.8 Å². The zero-order chi connectivity index (χ0) is 24.3. The highest BCUT2D eigenvalue weighted by Gasteiger charge is 2.21. The first kappa shape index (κ1) is 22.8. The van der Waals surface area contributed by atoms with Crippen LogP contribution in [0.25, 0.3) is 5.69 Å². The fourth-order valence-corrected chi connectivity index (χ4v) is 3.23. The summed E-state index contributed by atoms with van der Waals surface area (Å²) in [7, 11) is 0. The first-order chi connectivity index (χ1) is 16.2. The zero-order valence-electron chi connectivity index (χ0n) is 19.7. The van der Waals surface area contributed by atoms with Gasteiger partial charge in [0.2, 0.25) is 0 Å². The van der Waals surface area contributed by atoms with Gasteiger partial charge in [0.05, 0.1) is 11.4 Å². The van der Waals surface area contributed by atoms with Crippen LogP contribution in [0.5, 0.6) is 11.5 Å². The molecule has 34 heavy (non-hydrogen) atoms. The van der Waals surface area contributed by atoms with Crippen molar-refractivity contribution in [1.29, 1.82) is 0 Å². The summed E-state index contributed by atoms with van der Waals surface area (Å²) in [5.74, 6) is 2.17. The van der Waals surface area contributed by atoms with Gasteiger partial charge in [-0.15, -0.1) is 0 Å². The second-order valence-corrected chi connectivity index (χ2v) is 9.03. The highest BCUT2D eigenvalue weighted by Crippen LogP contribution is 2.27. The van der Waals surface area contributed by atoms with Crippen LogP contribution in [0.1, 0.15) is 32.0 Å². The second-order valence-electron chi connectivity index (χ2n) is 9.03. The molecule has 2 amide bonds. The van der Waals surface area contributed by atoms with Gasteiger partial charge in [-0.1, -0.05) is 38.5 Å². The number of carbonyl (C=O) groups excluding carboxylic acids is 1. The minimum atomic E-state index is -0.371. The third kappa shape index (κ3) is 5.53. The van der Waals surface area contributed by atoms with Gasteiger partial charge in [0.25, 0.3) is 0 Å². The molecule has 0 spiro atoms. The summed E-state index contributed by atoms with van der Waals surface area (Å²) in [6.07, 6.45) is 1.58. The molecule has 0 bridgehead atoms. The molecular weight excluding hydrogens is 428 g/mol. The van der Waals surface area contributed by atoms with Crippen LogP contribution < -0.4 is 21.1 Å². The molecule has 4 aromatic rings.